The molecule has 4 rings (SSSR count). The van der Waals surface area contributed by atoms with Crippen LogP contribution in [0.25, 0.3) is 11.3 Å². The molecule has 0 radical (unpaired) electrons. The van der Waals surface area contributed by atoms with Gasteiger partial charge in [-0.2, -0.15) is 4.98 Å². The number of hydrogen-bond donors (Lipinski definition) is 3. The normalized spacial score (nSPS) is 11.1. The average Bonchev–Trinajstić information content (AvgIpc) is 2.79. The number of ether oxygens (including phenoxy) is 2. The van der Waals surface area contributed by atoms with Gasteiger partial charge in [0.05, 0.1) is 5.69 Å². The van der Waals surface area contributed by atoms with Crippen LogP contribution in [0.5, 0.6) is 17.2 Å². The summed E-state index contributed by atoms with van der Waals surface area (Å²) in [6.45, 7) is 0. The zero-order valence-corrected chi connectivity index (χ0v) is 17.8. The molecule has 35 heavy (non-hydrogen) atoms. The highest BCUT2D eigenvalue weighted by atomic mass is 19.4. The van der Waals surface area contributed by atoms with Gasteiger partial charge in [0.1, 0.15) is 28.8 Å². The predicted molar refractivity (Wildman–Crippen MR) is 121 cm³/mol. The molecule has 4 aromatic rings. The number of aromatic nitrogens is 3. The number of alkyl halides is 3. The van der Waals surface area contributed by atoms with Crippen molar-refractivity contribution in [2.24, 2.45) is 5.73 Å². The van der Waals surface area contributed by atoms with Gasteiger partial charge in [-0.1, -0.05) is 12.1 Å². The van der Waals surface area contributed by atoms with Gasteiger partial charge >= 0.3 is 6.36 Å². The summed E-state index contributed by atoms with van der Waals surface area (Å²) in [6, 6.07) is 16.7. The van der Waals surface area contributed by atoms with Gasteiger partial charge in [-0.25, -0.2) is 4.98 Å². The fraction of sp³-hybridized carbons (Fsp3) is 0.0435. The maximum absolute atomic E-state index is 12.5. The third-order valence-corrected chi connectivity index (χ3v) is 4.45. The first-order valence-corrected chi connectivity index (χ1v) is 9.96. The summed E-state index contributed by atoms with van der Waals surface area (Å²) < 4.78 is 47.3. The Morgan fingerprint density at radius 3 is 2.40 bits per heavy atom. The van der Waals surface area contributed by atoms with Crippen LogP contribution in [0.3, 0.4) is 0 Å². The van der Waals surface area contributed by atoms with E-state index in [4.69, 9.17) is 16.2 Å². The molecule has 0 saturated heterocycles. The number of amides is 1. The monoisotopic (exact) mass is 482 g/mol. The summed E-state index contributed by atoms with van der Waals surface area (Å²) in [4.78, 5) is 23.3. The molecule has 0 fully saturated rings. The molecular weight excluding hydrogens is 465 g/mol. The van der Waals surface area contributed by atoms with Crippen LogP contribution in [0, 0.1) is 0 Å². The van der Waals surface area contributed by atoms with E-state index in [9.17, 15) is 18.0 Å². The number of carbonyl (C=O) groups is 1. The van der Waals surface area contributed by atoms with Gasteiger partial charge in [-0.3, -0.25) is 9.78 Å². The van der Waals surface area contributed by atoms with Gasteiger partial charge in [-0.15, -0.1) is 13.2 Å². The van der Waals surface area contributed by atoms with Gasteiger partial charge in [0.15, 0.2) is 0 Å². The number of nitrogens with one attached hydrogen (secondary N) is 1. The summed E-state index contributed by atoms with van der Waals surface area (Å²) >= 11 is 0. The lowest BCUT2D eigenvalue weighted by atomic mass is 10.1. The maximum atomic E-state index is 12.5. The Morgan fingerprint density at radius 2 is 1.69 bits per heavy atom. The number of hydrogen-bond acceptors (Lipinski definition) is 8. The first-order valence-electron chi connectivity index (χ1n) is 9.96. The smallest absolute Gasteiger partial charge is 0.457 e. The molecule has 2 heterocycles. The summed E-state index contributed by atoms with van der Waals surface area (Å²) in [6.07, 6.45) is -3.40. The topological polar surface area (TPSA) is 138 Å². The summed E-state index contributed by atoms with van der Waals surface area (Å²) in [5.74, 6) is 0.0760. The van der Waals surface area contributed by atoms with Crippen LogP contribution in [0.1, 0.15) is 10.5 Å². The second-order valence-corrected chi connectivity index (χ2v) is 7.06. The highest BCUT2D eigenvalue weighted by molar-refractivity contribution is 5.91. The maximum Gasteiger partial charge on any atom is 0.573 e. The molecule has 2 aromatic carbocycles. The van der Waals surface area contributed by atoms with E-state index in [0.29, 0.717) is 34.3 Å². The zero-order valence-electron chi connectivity index (χ0n) is 17.8. The standard InChI is InChI=1S/C23H17F3N6O3/c24-23(25,26)35-17-3-1-2-13(10-17)18-12-20(32-22(28)31-18)30-14-4-6-15(7-5-14)34-16-8-9-29-19(11-16)21(27)33/h1-12H,(H2,27,33)(H3,28,30,31,32). The van der Waals surface area contributed by atoms with Crippen molar-refractivity contribution in [3.8, 4) is 28.5 Å². The van der Waals surface area contributed by atoms with E-state index in [1.165, 1.54) is 36.5 Å². The molecule has 5 N–H and O–H groups in total. The van der Waals surface area contributed by atoms with Crippen molar-refractivity contribution in [2.75, 3.05) is 11.1 Å². The van der Waals surface area contributed by atoms with Crippen molar-refractivity contribution in [3.05, 3.63) is 78.6 Å². The van der Waals surface area contributed by atoms with E-state index in [-0.39, 0.29) is 17.4 Å². The minimum Gasteiger partial charge on any atom is -0.457 e. The number of halogens is 3. The molecule has 0 aliphatic heterocycles. The Labute approximate surface area is 196 Å². The molecule has 0 aliphatic carbocycles. The van der Waals surface area contributed by atoms with E-state index < -0.39 is 12.3 Å². The minimum absolute atomic E-state index is 0.0740. The Kier molecular flexibility index (Phi) is 6.36. The number of primary amides is 1. The molecule has 0 spiro atoms. The van der Waals surface area contributed by atoms with Crippen molar-refractivity contribution in [2.45, 2.75) is 6.36 Å². The van der Waals surface area contributed by atoms with Crippen LogP contribution in [0.15, 0.2) is 72.9 Å². The predicted octanol–water partition coefficient (Wildman–Crippen LogP) is 4.65. The van der Waals surface area contributed by atoms with Crippen LogP contribution in [0.2, 0.25) is 0 Å². The Hall–Kier alpha value is -4.87. The van der Waals surface area contributed by atoms with Gasteiger partial charge in [0, 0.05) is 29.6 Å². The van der Waals surface area contributed by atoms with Gasteiger partial charge in [0.25, 0.3) is 5.91 Å². The molecule has 178 valence electrons. The lowest BCUT2D eigenvalue weighted by molar-refractivity contribution is -0.274. The molecule has 0 aliphatic rings. The summed E-state index contributed by atoms with van der Waals surface area (Å²) in [7, 11) is 0. The largest absolute Gasteiger partial charge is 0.573 e. The highest BCUT2D eigenvalue weighted by Crippen LogP contribution is 2.29. The Bertz CT molecular complexity index is 1360. The number of nitrogens with zero attached hydrogens (tertiary/aromatic N) is 3. The highest BCUT2D eigenvalue weighted by Gasteiger charge is 2.31. The summed E-state index contributed by atoms with van der Waals surface area (Å²) in [5, 5.41) is 3.05. The fourth-order valence-electron chi connectivity index (χ4n) is 3.03. The fourth-order valence-corrected chi connectivity index (χ4v) is 3.03. The average molecular weight is 482 g/mol. The van der Waals surface area contributed by atoms with E-state index in [1.807, 2.05) is 0 Å². The van der Waals surface area contributed by atoms with E-state index in [2.05, 4.69) is 25.0 Å². The first kappa shape index (κ1) is 23.3. The van der Waals surface area contributed by atoms with Gasteiger partial charge < -0.3 is 26.3 Å². The molecule has 12 heteroatoms. The second kappa shape index (κ2) is 9.55. The Balaban J connectivity index is 1.50. The third kappa shape index (κ3) is 6.35. The van der Waals surface area contributed by atoms with Gasteiger partial charge in [-0.05, 0) is 42.5 Å². The lowest BCUT2D eigenvalue weighted by Gasteiger charge is -2.12. The number of nitrogen functional groups attached to an aromatic ring is 1. The van der Waals surface area contributed by atoms with Crippen molar-refractivity contribution < 1.29 is 27.4 Å². The molecule has 1 amide bonds. The van der Waals surface area contributed by atoms with E-state index in [1.54, 1.807) is 36.4 Å². The molecule has 9 nitrogen and oxygen atoms in total. The van der Waals surface area contributed by atoms with Gasteiger partial charge in [0.2, 0.25) is 5.95 Å². The van der Waals surface area contributed by atoms with Crippen LogP contribution in [-0.4, -0.2) is 27.2 Å². The number of benzene rings is 2. The van der Waals surface area contributed by atoms with E-state index >= 15 is 0 Å². The minimum atomic E-state index is -4.81. The number of pyridine rings is 1. The van der Waals surface area contributed by atoms with Crippen molar-refractivity contribution in [1.82, 2.24) is 15.0 Å². The van der Waals surface area contributed by atoms with Crippen LogP contribution < -0.4 is 26.3 Å². The zero-order chi connectivity index (χ0) is 25.0. The molecule has 0 unspecified atom stereocenters. The molecule has 0 atom stereocenters. The Morgan fingerprint density at radius 1 is 0.914 bits per heavy atom. The molecular formula is C23H17F3N6O3. The van der Waals surface area contributed by atoms with Crippen molar-refractivity contribution in [1.29, 1.82) is 0 Å². The second-order valence-electron chi connectivity index (χ2n) is 7.06. The number of anilines is 3. The number of rotatable bonds is 7. The van der Waals surface area contributed by atoms with Crippen molar-refractivity contribution >= 4 is 23.4 Å². The van der Waals surface area contributed by atoms with Crippen molar-refractivity contribution in [3.63, 3.8) is 0 Å². The molecule has 0 saturated carbocycles. The molecule has 2 aromatic heterocycles. The third-order valence-electron chi connectivity index (χ3n) is 4.45. The quantitative estimate of drug-likeness (QED) is 0.346. The SMILES string of the molecule is NC(=O)c1cc(Oc2ccc(Nc3cc(-c4cccc(OC(F)(F)F)c4)nc(N)n3)cc2)ccn1. The van der Waals surface area contributed by atoms with Crippen LogP contribution in [-0.2, 0) is 0 Å². The molecule has 0 bridgehead atoms. The lowest BCUT2D eigenvalue weighted by Crippen LogP contribution is -2.17. The first-order chi connectivity index (χ1) is 16.6. The number of nitrogens with two attached hydrogens (primary N) is 2. The van der Waals surface area contributed by atoms with E-state index in [0.717, 1.165) is 0 Å². The number of carbonyl (C=O) groups excluding carboxylic acids is 1. The van der Waals surface area contributed by atoms with Crippen LogP contribution >= 0.6 is 0 Å². The van der Waals surface area contributed by atoms with Crippen LogP contribution in [0.4, 0.5) is 30.6 Å². The summed E-state index contributed by atoms with van der Waals surface area (Å²) in [5.41, 5.74) is 12.4.